The van der Waals surface area contributed by atoms with Gasteiger partial charge in [0.2, 0.25) is 0 Å². The Hall–Kier alpha value is -1.30. The van der Waals surface area contributed by atoms with Crippen molar-refractivity contribution in [2.75, 3.05) is 13.1 Å². The first-order valence-electron chi connectivity index (χ1n) is 7.65. The minimum Gasteiger partial charge on any atom is -0.461 e. The molecule has 6 nitrogen and oxygen atoms in total. The van der Waals surface area contributed by atoms with Crippen LogP contribution in [0.5, 0.6) is 0 Å². The molecule has 1 amide bonds. The van der Waals surface area contributed by atoms with E-state index in [-0.39, 0.29) is 24.2 Å². The quantitative estimate of drug-likeness (QED) is 0.786. The average molecular weight is 298 g/mol. The molecule has 6 heteroatoms. The van der Waals surface area contributed by atoms with Crippen molar-refractivity contribution >= 4 is 12.1 Å². The van der Waals surface area contributed by atoms with Gasteiger partial charge in [-0.25, -0.2) is 4.79 Å². The molecule has 120 valence electrons. The van der Waals surface area contributed by atoms with Crippen LogP contribution in [0.1, 0.15) is 47.0 Å². The number of piperidine rings is 1. The molecule has 1 N–H and O–H groups in total. The van der Waals surface area contributed by atoms with E-state index in [4.69, 9.17) is 9.47 Å². The van der Waals surface area contributed by atoms with Gasteiger partial charge in [-0.3, -0.25) is 9.69 Å². The third-order valence-corrected chi connectivity index (χ3v) is 3.90. The molecule has 0 bridgehead atoms. The molecule has 0 spiro atoms. The molecular weight excluding hydrogens is 272 g/mol. The number of carbonyl (C=O) groups is 2. The first-order chi connectivity index (χ1) is 9.74. The van der Waals surface area contributed by atoms with E-state index in [9.17, 15) is 9.59 Å². The van der Waals surface area contributed by atoms with Gasteiger partial charge in [-0.2, -0.15) is 0 Å². The summed E-state index contributed by atoms with van der Waals surface area (Å²) in [7, 11) is 0. The van der Waals surface area contributed by atoms with Gasteiger partial charge in [-0.1, -0.05) is 0 Å². The zero-order valence-corrected chi connectivity index (χ0v) is 13.3. The fraction of sp³-hybridized carbons (Fsp3) is 0.867. The van der Waals surface area contributed by atoms with Gasteiger partial charge in [0.15, 0.2) is 0 Å². The number of rotatable bonds is 2. The highest BCUT2D eigenvalue weighted by Crippen LogP contribution is 2.29. The summed E-state index contributed by atoms with van der Waals surface area (Å²) in [6.45, 7) is 8.73. The molecular formula is C15H26N2O4. The maximum atomic E-state index is 11.8. The Morgan fingerprint density at radius 1 is 1.19 bits per heavy atom. The average Bonchev–Trinajstić information content (AvgIpc) is 2.68. The summed E-state index contributed by atoms with van der Waals surface area (Å²) in [5, 5.41) is 2.93. The zero-order valence-electron chi connectivity index (χ0n) is 13.3. The number of nitrogens with one attached hydrogen (secondary N) is 1. The van der Waals surface area contributed by atoms with Crippen molar-refractivity contribution in [2.24, 2.45) is 0 Å². The number of fused-ring (bicyclic) bond motifs is 1. The minimum atomic E-state index is -0.477. The molecule has 2 rings (SSSR count). The normalized spacial score (nSPS) is 29.6. The summed E-state index contributed by atoms with van der Waals surface area (Å²) in [5.41, 5.74) is -0.477. The number of alkyl carbamates (subject to hydrolysis) is 1. The Kier molecular flexibility index (Phi) is 4.76. The predicted octanol–water partition coefficient (Wildman–Crippen LogP) is 1.68. The SMILES string of the molecule is CC(=O)O[C@H]1CCN2C[C@H](NC(=O)OC(C)(C)C)CC[C@@H]12. The number of ether oxygens (including phenoxy) is 2. The monoisotopic (exact) mass is 298 g/mol. The lowest BCUT2D eigenvalue weighted by molar-refractivity contribution is -0.147. The van der Waals surface area contributed by atoms with Crippen LogP contribution in [0.25, 0.3) is 0 Å². The van der Waals surface area contributed by atoms with Crippen molar-refractivity contribution in [3.63, 3.8) is 0 Å². The fourth-order valence-corrected chi connectivity index (χ4v) is 3.17. The molecule has 0 aromatic heterocycles. The van der Waals surface area contributed by atoms with Gasteiger partial charge in [0, 0.05) is 32.1 Å². The molecule has 0 aromatic carbocycles. The molecule has 2 heterocycles. The van der Waals surface area contributed by atoms with Crippen LogP contribution in [0, 0.1) is 0 Å². The minimum absolute atomic E-state index is 0.00461. The fourth-order valence-electron chi connectivity index (χ4n) is 3.17. The Morgan fingerprint density at radius 2 is 1.90 bits per heavy atom. The standard InChI is InChI=1S/C15H26N2O4/c1-10(18)20-13-7-8-17-9-11(5-6-12(13)17)16-14(19)21-15(2,3)4/h11-13H,5-9H2,1-4H3,(H,16,19)/t11-,12+,13+/m1/s1. The van der Waals surface area contributed by atoms with Gasteiger partial charge >= 0.3 is 12.1 Å². The third kappa shape index (κ3) is 4.59. The summed E-state index contributed by atoms with van der Waals surface area (Å²) in [6.07, 6.45) is 2.34. The Morgan fingerprint density at radius 3 is 2.52 bits per heavy atom. The molecule has 21 heavy (non-hydrogen) atoms. The summed E-state index contributed by atoms with van der Waals surface area (Å²) in [5.74, 6) is -0.212. The van der Waals surface area contributed by atoms with Crippen LogP contribution in [0.2, 0.25) is 0 Å². The van der Waals surface area contributed by atoms with Crippen LogP contribution in [0.3, 0.4) is 0 Å². The summed E-state index contributed by atoms with van der Waals surface area (Å²) >= 11 is 0. The first-order valence-corrected chi connectivity index (χ1v) is 7.65. The summed E-state index contributed by atoms with van der Waals surface area (Å²) < 4.78 is 10.7. The third-order valence-electron chi connectivity index (χ3n) is 3.90. The molecule has 0 radical (unpaired) electrons. The van der Waals surface area contributed by atoms with Crippen molar-refractivity contribution in [1.82, 2.24) is 10.2 Å². The topological polar surface area (TPSA) is 67.9 Å². The van der Waals surface area contributed by atoms with Crippen molar-refractivity contribution in [1.29, 1.82) is 0 Å². The van der Waals surface area contributed by atoms with Crippen LogP contribution >= 0.6 is 0 Å². The van der Waals surface area contributed by atoms with E-state index in [1.807, 2.05) is 20.8 Å². The summed E-state index contributed by atoms with van der Waals surface area (Å²) in [4.78, 5) is 25.2. The van der Waals surface area contributed by atoms with Gasteiger partial charge in [-0.05, 0) is 40.0 Å². The highest BCUT2D eigenvalue weighted by atomic mass is 16.6. The van der Waals surface area contributed by atoms with E-state index in [0.717, 1.165) is 32.4 Å². The van der Waals surface area contributed by atoms with Crippen LogP contribution in [-0.4, -0.2) is 53.8 Å². The lowest BCUT2D eigenvalue weighted by Gasteiger charge is -2.37. The van der Waals surface area contributed by atoms with Crippen molar-refractivity contribution in [3.8, 4) is 0 Å². The number of carbonyl (C=O) groups excluding carboxylic acids is 2. The Balaban J connectivity index is 1.82. The number of esters is 1. The van der Waals surface area contributed by atoms with Gasteiger partial charge in [0.25, 0.3) is 0 Å². The molecule has 0 aromatic rings. The second kappa shape index (κ2) is 6.22. The molecule has 3 atom stereocenters. The molecule has 0 unspecified atom stereocenters. The first kappa shape index (κ1) is 16.1. The van der Waals surface area contributed by atoms with Crippen molar-refractivity contribution in [2.45, 2.75) is 70.7 Å². The van der Waals surface area contributed by atoms with E-state index in [0.29, 0.717) is 6.04 Å². The lowest BCUT2D eigenvalue weighted by Crippen LogP contribution is -2.52. The highest BCUT2D eigenvalue weighted by molar-refractivity contribution is 5.68. The van der Waals surface area contributed by atoms with E-state index in [2.05, 4.69) is 10.2 Å². The second-order valence-corrected chi connectivity index (χ2v) is 6.92. The molecule has 0 saturated carbocycles. The Labute approximate surface area is 126 Å². The van der Waals surface area contributed by atoms with Crippen molar-refractivity contribution in [3.05, 3.63) is 0 Å². The molecule has 2 fully saturated rings. The molecule has 2 saturated heterocycles. The lowest BCUT2D eigenvalue weighted by atomic mass is 9.97. The highest BCUT2D eigenvalue weighted by Gasteiger charge is 2.40. The van der Waals surface area contributed by atoms with Gasteiger partial charge in [-0.15, -0.1) is 0 Å². The second-order valence-electron chi connectivity index (χ2n) is 6.92. The van der Waals surface area contributed by atoms with E-state index in [1.165, 1.54) is 6.92 Å². The van der Waals surface area contributed by atoms with Crippen LogP contribution in [0.15, 0.2) is 0 Å². The molecule has 2 aliphatic heterocycles. The van der Waals surface area contributed by atoms with Gasteiger partial charge < -0.3 is 14.8 Å². The van der Waals surface area contributed by atoms with Crippen LogP contribution < -0.4 is 5.32 Å². The number of hydrogen-bond acceptors (Lipinski definition) is 5. The molecule has 2 aliphatic rings. The largest absolute Gasteiger partial charge is 0.461 e. The maximum Gasteiger partial charge on any atom is 0.407 e. The van der Waals surface area contributed by atoms with E-state index < -0.39 is 5.60 Å². The maximum absolute atomic E-state index is 11.8. The number of amides is 1. The van der Waals surface area contributed by atoms with Crippen LogP contribution in [-0.2, 0) is 14.3 Å². The predicted molar refractivity (Wildman–Crippen MR) is 77.9 cm³/mol. The smallest absolute Gasteiger partial charge is 0.407 e. The van der Waals surface area contributed by atoms with E-state index in [1.54, 1.807) is 0 Å². The zero-order chi connectivity index (χ0) is 15.6. The number of hydrogen-bond donors (Lipinski definition) is 1. The van der Waals surface area contributed by atoms with E-state index >= 15 is 0 Å². The van der Waals surface area contributed by atoms with Gasteiger partial charge in [0.05, 0.1) is 0 Å². The summed E-state index contributed by atoms with van der Waals surface area (Å²) in [6, 6.07) is 0.401. The van der Waals surface area contributed by atoms with Gasteiger partial charge in [0.1, 0.15) is 11.7 Å². The van der Waals surface area contributed by atoms with Crippen LogP contribution in [0.4, 0.5) is 4.79 Å². The number of nitrogens with zero attached hydrogens (tertiary/aromatic N) is 1. The van der Waals surface area contributed by atoms with Crippen molar-refractivity contribution < 1.29 is 19.1 Å². The molecule has 0 aliphatic carbocycles. The Bertz CT molecular complexity index is 405.